The topological polar surface area (TPSA) is 3.24 Å². The molecule has 0 atom stereocenters. The van der Waals surface area contributed by atoms with E-state index in [1.54, 1.807) is 6.07 Å². The number of thioether (sulfide) groups is 1. The lowest BCUT2D eigenvalue weighted by molar-refractivity contribution is 0.620. The summed E-state index contributed by atoms with van der Waals surface area (Å²) in [5, 5.41) is 0. The van der Waals surface area contributed by atoms with Crippen molar-refractivity contribution in [3.05, 3.63) is 24.0 Å². The highest BCUT2D eigenvalue weighted by Crippen LogP contribution is 2.43. The molecule has 0 bridgehead atoms. The van der Waals surface area contributed by atoms with E-state index in [1.807, 2.05) is 24.9 Å². The largest absolute Gasteiger partial charge is 0.372 e. The summed E-state index contributed by atoms with van der Waals surface area (Å²) in [7, 11) is 2.01. The van der Waals surface area contributed by atoms with Crippen molar-refractivity contribution in [1.82, 2.24) is 0 Å². The third-order valence-corrected chi connectivity index (χ3v) is 3.58. The molecule has 0 unspecified atom stereocenters. The summed E-state index contributed by atoms with van der Waals surface area (Å²) in [5.74, 6) is -0.157. The lowest BCUT2D eigenvalue weighted by Crippen LogP contribution is -2.37. The molecule has 0 spiro atoms. The number of nitrogens with zero attached hydrogens (tertiary/aromatic N) is 1. The maximum absolute atomic E-state index is 13.0. The third kappa shape index (κ3) is 1.73. The number of anilines is 1. The van der Waals surface area contributed by atoms with Crippen molar-refractivity contribution in [2.45, 2.75) is 23.5 Å². The highest BCUT2D eigenvalue weighted by molar-refractivity contribution is 8.00. The summed E-state index contributed by atoms with van der Waals surface area (Å²) in [6.45, 7) is 5.37. The summed E-state index contributed by atoms with van der Waals surface area (Å²) >= 11 is 1.82. The molecule has 1 aliphatic rings. The lowest BCUT2D eigenvalue weighted by atomic mass is 10.1. The van der Waals surface area contributed by atoms with E-state index in [4.69, 9.17) is 0 Å². The van der Waals surface area contributed by atoms with Gasteiger partial charge in [0, 0.05) is 23.2 Å². The Morgan fingerprint density at radius 1 is 1.43 bits per heavy atom. The molecule has 0 N–H and O–H groups in total. The highest BCUT2D eigenvalue weighted by Gasteiger charge is 2.29. The predicted molar refractivity (Wildman–Crippen MR) is 59.6 cm³/mol. The van der Waals surface area contributed by atoms with Crippen LogP contribution in [0.5, 0.6) is 0 Å². The maximum atomic E-state index is 13.0. The molecule has 0 radical (unpaired) electrons. The molecule has 1 aromatic rings. The Labute approximate surface area is 88.3 Å². The van der Waals surface area contributed by atoms with E-state index in [2.05, 4.69) is 18.7 Å². The Kier molecular flexibility index (Phi) is 2.22. The number of rotatable bonds is 0. The predicted octanol–water partition coefficient (Wildman–Crippen LogP) is 3.15. The van der Waals surface area contributed by atoms with Gasteiger partial charge < -0.3 is 4.90 Å². The maximum Gasteiger partial charge on any atom is 0.125 e. The van der Waals surface area contributed by atoms with Gasteiger partial charge in [-0.15, -0.1) is 11.8 Å². The quantitative estimate of drug-likeness (QED) is 0.648. The Bertz CT molecular complexity index is 362. The highest BCUT2D eigenvalue weighted by atomic mass is 32.2. The Balaban J connectivity index is 2.45. The van der Waals surface area contributed by atoms with Crippen LogP contribution in [0.2, 0.25) is 0 Å². The van der Waals surface area contributed by atoms with E-state index >= 15 is 0 Å². The van der Waals surface area contributed by atoms with Gasteiger partial charge >= 0.3 is 0 Å². The van der Waals surface area contributed by atoms with Gasteiger partial charge in [-0.25, -0.2) is 4.39 Å². The normalized spacial score (nSPS) is 19.3. The van der Waals surface area contributed by atoms with Crippen molar-refractivity contribution < 1.29 is 4.39 Å². The zero-order valence-corrected chi connectivity index (χ0v) is 9.49. The van der Waals surface area contributed by atoms with Gasteiger partial charge in [-0.2, -0.15) is 0 Å². The molecule has 76 valence electrons. The van der Waals surface area contributed by atoms with Gasteiger partial charge in [0.05, 0.1) is 5.69 Å². The standard InChI is InChI=1S/C11H14FNS/c1-11(2)7-13(3)9-6-8(12)4-5-10(9)14-11/h4-6H,7H2,1-3H3. The third-order valence-electron chi connectivity index (χ3n) is 2.34. The van der Waals surface area contributed by atoms with Gasteiger partial charge in [0.25, 0.3) is 0 Å². The minimum atomic E-state index is -0.157. The zero-order chi connectivity index (χ0) is 10.3. The first-order chi connectivity index (χ1) is 6.48. The van der Waals surface area contributed by atoms with Crippen LogP contribution in [0.1, 0.15) is 13.8 Å². The van der Waals surface area contributed by atoms with Crippen molar-refractivity contribution in [1.29, 1.82) is 0 Å². The van der Waals surface area contributed by atoms with Crippen molar-refractivity contribution in [2.24, 2.45) is 0 Å². The van der Waals surface area contributed by atoms with Crippen LogP contribution in [0, 0.1) is 5.82 Å². The molecule has 0 fully saturated rings. The summed E-state index contributed by atoms with van der Waals surface area (Å²) in [6.07, 6.45) is 0. The molecule has 1 aromatic carbocycles. The van der Waals surface area contributed by atoms with Crippen molar-refractivity contribution in [3.63, 3.8) is 0 Å². The molecular formula is C11H14FNS. The van der Waals surface area contributed by atoms with Crippen molar-refractivity contribution in [3.8, 4) is 0 Å². The van der Waals surface area contributed by atoms with Gasteiger partial charge in [-0.3, -0.25) is 0 Å². The molecule has 0 aromatic heterocycles. The van der Waals surface area contributed by atoms with Gasteiger partial charge in [0.2, 0.25) is 0 Å². The zero-order valence-electron chi connectivity index (χ0n) is 8.67. The summed E-state index contributed by atoms with van der Waals surface area (Å²) in [4.78, 5) is 3.29. The van der Waals surface area contributed by atoms with Crippen LogP contribution < -0.4 is 4.90 Å². The molecule has 2 rings (SSSR count). The van der Waals surface area contributed by atoms with Crippen LogP contribution in [0.3, 0.4) is 0 Å². The molecule has 0 saturated carbocycles. The Morgan fingerprint density at radius 2 is 2.14 bits per heavy atom. The molecule has 14 heavy (non-hydrogen) atoms. The summed E-state index contributed by atoms with van der Waals surface area (Å²) in [6, 6.07) is 5.01. The summed E-state index contributed by atoms with van der Waals surface area (Å²) < 4.78 is 13.2. The average molecular weight is 211 g/mol. The molecule has 1 heterocycles. The lowest BCUT2D eigenvalue weighted by Gasteiger charge is -2.37. The van der Waals surface area contributed by atoms with E-state index in [9.17, 15) is 4.39 Å². The van der Waals surface area contributed by atoms with E-state index in [1.165, 1.54) is 11.0 Å². The number of fused-ring (bicyclic) bond motifs is 1. The molecular weight excluding hydrogens is 197 g/mol. The second-order valence-electron chi connectivity index (χ2n) is 4.33. The van der Waals surface area contributed by atoms with E-state index in [0.717, 1.165) is 12.2 Å². The second-order valence-corrected chi connectivity index (χ2v) is 6.08. The smallest absolute Gasteiger partial charge is 0.125 e. The number of hydrogen-bond acceptors (Lipinski definition) is 2. The first-order valence-corrected chi connectivity index (χ1v) is 5.49. The van der Waals surface area contributed by atoms with Gasteiger partial charge in [0.15, 0.2) is 0 Å². The SMILES string of the molecule is CN1CC(C)(C)Sc2ccc(F)cc21. The van der Waals surface area contributed by atoms with Crippen molar-refractivity contribution >= 4 is 17.4 Å². The molecule has 3 heteroatoms. The minimum absolute atomic E-state index is 0.157. The molecule has 1 aliphatic heterocycles. The fraction of sp³-hybridized carbons (Fsp3) is 0.455. The summed E-state index contributed by atoms with van der Waals surface area (Å²) in [5.41, 5.74) is 1.01. The van der Waals surface area contributed by atoms with E-state index in [0.29, 0.717) is 0 Å². The number of hydrogen-bond donors (Lipinski definition) is 0. The average Bonchev–Trinajstić information content (AvgIpc) is 2.05. The van der Waals surface area contributed by atoms with Crippen LogP contribution in [0.15, 0.2) is 23.1 Å². The first kappa shape index (κ1) is 9.84. The van der Waals surface area contributed by atoms with Gasteiger partial charge in [-0.05, 0) is 32.0 Å². The fourth-order valence-electron chi connectivity index (χ4n) is 1.86. The molecule has 1 nitrogen and oxygen atoms in total. The molecule has 0 amide bonds. The first-order valence-electron chi connectivity index (χ1n) is 4.68. The monoisotopic (exact) mass is 211 g/mol. The minimum Gasteiger partial charge on any atom is -0.372 e. The van der Waals surface area contributed by atoms with Crippen LogP contribution in [0.4, 0.5) is 10.1 Å². The Hall–Kier alpha value is -0.700. The van der Waals surface area contributed by atoms with Crippen LogP contribution >= 0.6 is 11.8 Å². The Morgan fingerprint density at radius 3 is 2.86 bits per heavy atom. The van der Waals surface area contributed by atoms with Crippen LogP contribution in [-0.4, -0.2) is 18.3 Å². The van der Waals surface area contributed by atoms with E-state index in [-0.39, 0.29) is 10.6 Å². The number of halogens is 1. The van der Waals surface area contributed by atoms with Gasteiger partial charge in [-0.1, -0.05) is 0 Å². The molecule has 0 aliphatic carbocycles. The van der Waals surface area contributed by atoms with Crippen molar-refractivity contribution in [2.75, 3.05) is 18.5 Å². The van der Waals surface area contributed by atoms with Gasteiger partial charge in [0.1, 0.15) is 5.82 Å². The molecule has 0 saturated heterocycles. The van der Waals surface area contributed by atoms with Crippen LogP contribution in [0.25, 0.3) is 0 Å². The number of benzene rings is 1. The second kappa shape index (κ2) is 3.16. The van der Waals surface area contributed by atoms with Crippen LogP contribution in [-0.2, 0) is 0 Å². The van der Waals surface area contributed by atoms with E-state index < -0.39 is 0 Å². The fourth-order valence-corrected chi connectivity index (χ4v) is 3.17.